The number of benzene rings is 2. The third-order valence-corrected chi connectivity index (χ3v) is 2.70. The van der Waals surface area contributed by atoms with Crippen LogP contribution in [0.4, 0.5) is 14.5 Å². The molecule has 0 aliphatic heterocycles. The summed E-state index contributed by atoms with van der Waals surface area (Å²) in [6.45, 7) is 0.474. The predicted octanol–water partition coefficient (Wildman–Crippen LogP) is 3.45. The average Bonchev–Trinajstić information content (AvgIpc) is 2.38. The van der Waals surface area contributed by atoms with E-state index < -0.39 is 0 Å². The summed E-state index contributed by atoms with van der Waals surface area (Å²) < 4.78 is 25.7. The third-order valence-electron chi connectivity index (χ3n) is 2.45. The highest BCUT2D eigenvalue weighted by atomic mass is 32.1. The standard InChI is InChI=1S/C14H12F2N2S/c15-11-6-4-10(5-7-11)9-17-14(19)18-13-3-1-2-12(16)8-13/h1-8H,9H2,(H2,17,18,19). The van der Waals surface area contributed by atoms with Gasteiger partial charge >= 0.3 is 0 Å². The summed E-state index contributed by atoms with van der Waals surface area (Å²) in [7, 11) is 0. The number of thiocarbonyl (C=S) groups is 1. The maximum atomic E-state index is 13.0. The van der Waals surface area contributed by atoms with Gasteiger partial charge in [-0.25, -0.2) is 8.78 Å². The average molecular weight is 278 g/mol. The van der Waals surface area contributed by atoms with Gasteiger partial charge in [0.2, 0.25) is 0 Å². The molecular weight excluding hydrogens is 266 g/mol. The molecule has 2 nitrogen and oxygen atoms in total. The zero-order chi connectivity index (χ0) is 13.7. The van der Waals surface area contributed by atoms with Crippen LogP contribution in [0.3, 0.4) is 0 Å². The largest absolute Gasteiger partial charge is 0.358 e. The minimum Gasteiger partial charge on any atom is -0.358 e. The number of hydrogen-bond donors (Lipinski definition) is 2. The summed E-state index contributed by atoms with van der Waals surface area (Å²) in [5.74, 6) is -0.601. The zero-order valence-electron chi connectivity index (χ0n) is 9.99. The van der Waals surface area contributed by atoms with Gasteiger partial charge in [0.25, 0.3) is 0 Å². The van der Waals surface area contributed by atoms with Crippen LogP contribution >= 0.6 is 12.2 Å². The van der Waals surface area contributed by atoms with Crippen LogP contribution < -0.4 is 10.6 Å². The predicted molar refractivity (Wildman–Crippen MR) is 75.9 cm³/mol. The third kappa shape index (κ3) is 4.30. The molecule has 0 atom stereocenters. The van der Waals surface area contributed by atoms with E-state index in [1.807, 2.05) is 0 Å². The van der Waals surface area contributed by atoms with E-state index in [0.717, 1.165) is 5.56 Å². The highest BCUT2D eigenvalue weighted by Gasteiger charge is 1.99. The van der Waals surface area contributed by atoms with E-state index >= 15 is 0 Å². The van der Waals surface area contributed by atoms with Gasteiger partial charge in [0, 0.05) is 12.2 Å². The van der Waals surface area contributed by atoms with Crippen molar-refractivity contribution in [1.82, 2.24) is 5.32 Å². The van der Waals surface area contributed by atoms with Gasteiger partial charge in [-0.2, -0.15) is 0 Å². The molecule has 98 valence electrons. The smallest absolute Gasteiger partial charge is 0.171 e. The lowest BCUT2D eigenvalue weighted by Crippen LogP contribution is -2.27. The quantitative estimate of drug-likeness (QED) is 0.841. The molecule has 2 aromatic rings. The van der Waals surface area contributed by atoms with Crippen molar-refractivity contribution < 1.29 is 8.78 Å². The molecule has 5 heteroatoms. The molecular formula is C14H12F2N2S. The van der Waals surface area contributed by atoms with Crippen molar-refractivity contribution in [3.05, 3.63) is 65.7 Å². The van der Waals surface area contributed by atoms with E-state index in [1.165, 1.54) is 24.3 Å². The van der Waals surface area contributed by atoms with Crippen LogP contribution in [0.2, 0.25) is 0 Å². The Morgan fingerprint density at radius 3 is 2.42 bits per heavy atom. The van der Waals surface area contributed by atoms with Gasteiger partial charge < -0.3 is 10.6 Å². The van der Waals surface area contributed by atoms with Crippen molar-refractivity contribution in [1.29, 1.82) is 0 Å². The molecule has 0 spiro atoms. The molecule has 0 heterocycles. The minimum absolute atomic E-state index is 0.274. The van der Waals surface area contributed by atoms with E-state index in [9.17, 15) is 8.78 Å². The van der Waals surface area contributed by atoms with Crippen LogP contribution in [-0.2, 0) is 6.54 Å². The Morgan fingerprint density at radius 2 is 1.74 bits per heavy atom. The molecule has 0 saturated carbocycles. The maximum absolute atomic E-state index is 13.0. The summed E-state index contributed by atoms with van der Waals surface area (Å²) in [5, 5.41) is 6.22. The first-order chi connectivity index (χ1) is 9.13. The van der Waals surface area contributed by atoms with Crippen LogP contribution in [0.5, 0.6) is 0 Å². The number of rotatable bonds is 3. The first-order valence-electron chi connectivity index (χ1n) is 5.68. The lowest BCUT2D eigenvalue weighted by Gasteiger charge is -2.10. The minimum atomic E-state index is -0.327. The van der Waals surface area contributed by atoms with Crippen LogP contribution in [0.15, 0.2) is 48.5 Å². The van der Waals surface area contributed by atoms with Crippen LogP contribution in [-0.4, -0.2) is 5.11 Å². The van der Waals surface area contributed by atoms with Gasteiger partial charge in [-0.05, 0) is 48.1 Å². The first kappa shape index (κ1) is 13.4. The number of halogens is 2. The molecule has 0 aliphatic rings. The fourth-order valence-electron chi connectivity index (χ4n) is 1.53. The van der Waals surface area contributed by atoms with Crippen molar-refractivity contribution in [3.8, 4) is 0 Å². The lowest BCUT2D eigenvalue weighted by atomic mass is 10.2. The molecule has 0 aromatic heterocycles. The van der Waals surface area contributed by atoms with Crippen LogP contribution in [0.25, 0.3) is 0 Å². The van der Waals surface area contributed by atoms with Gasteiger partial charge in [0.15, 0.2) is 5.11 Å². The molecule has 0 unspecified atom stereocenters. The fourth-order valence-corrected chi connectivity index (χ4v) is 1.72. The SMILES string of the molecule is Fc1ccc(CNC(=S)Nc2cccc(F)c2)cc1. The van der Waals surface area contributed by atoms with Gasteiger partial charge in [0.1, 0.15) is 11.6 Å². The van der Waals surface area contributed by atoms with Gasteiger partial charge in [-0.1, -0.05) is 18.2 Å². The summed E-state index contributed by atoms with van der Waals surface area (Å²) in [6, 6.07) is 12.2. The molecule has 0 aliphatic carbocycles. The summed E-state index contributed by atoms with van der Waals surface area (Å²) >= 11 is 5.09. The second kappa shape index (κ2) is 6.24. The maximum Gasteiger partial charge on any atom is 0.171 e. The van der Waals surface area contributed by atoms with Crippen molar-refractivity contribution in [2.45, 2.75) is 6.54 Å². The Kier molecular flexibility index (Phi) is 4.41. The van der Waals surface area contributed by atoms with E-state index in [-0.39, 0.29) is 11.6 Å². The molecule has 0 saturated heterocycles. The molecule has 0 amide bonds. The normalized spacial score (nSPS) is 10.0. The van der Waals surface area contributed by atoms with Crippen molar-refractivity contribution in [2.75, 3.05) is 5.32 Å². The Labute approximate surface area is 115 Å². The Balaban J connectivity index is 1.86. The Morgan fingerprint density at radius 1 is 1.00 bits per heavy atom. The lowest BCUT2D eigenvalue weighted by molar-refractivity contribution is 0.626. The van der Waals surface area contributed by atoms with Crippen molar-refractivity contribution in [3.63, 3.8) is 0 Å². The van der Waals surface area contributed by atoms with Gasteiger partial charge in [-0.15, -0.1) is 0 Å². The fraction of sp³-hybridized carbons (Fsp3) is 0.0714. The van der Waals surface area contributed by atoms with E-state index in [2.05, 4.69) is 10.6 Å². The van der Waals surface area contributed by atoms with Crippen LogP contribution in [0, 0.1) is 11.6 Å². The van der Waals surface area contributed by atoms with E-state index in [1.54, 1.807) is 24.3 Å². The van der Waals surface area contributed by atoms with Crippen molar-refractivity contribution in [2.24, 2.45) is 0 Å². The van der Waals surface area contributed by atoms with E-state index in [0.29, 0.717) is 17.3 Å². The summed E-state index contributed by atoms with van der Waals surface area (Å²) in [5.41, 5.74) is 1.49. The number of anilines is 1. The number of hydrogen-bond acceptors (Lipinski definition) is 1. The first-order valence-corrected chi connectivity index (χ1v) is 6.09. The van der Waals surface area contributed by atoms with Gasteiger partial charge in [-0.3, -0.25) is 0 Å². The molecule has 2 rings (SSSR count). The highest BCUT2D eigenvalue weighted by Crippen LogP contribution is 2.09. The molecule has 0 bridgehead atoms. The van der Waals surface area contributed by atoms with Gasteiger partial charge in [0.05, 0.1) is 0 Å². The highest BCUT2D eigenvalue weighted by molar-refractivity contribution is 7.80. The molecule has 19 heavy (non-hydrogen) atoms. The second-order valence-electron chi connectivity index (χ2n) is 3.94. The van der Waals surface area contributed by atoms with Crippen LogP contribution in [0.1, 0.15) is 5.56 Å². The van der Waals surface area contributed by atoms with E-state index in [4.69, 9.17) is 12.2 Å². The Bertz CT molecular complexity index is 570. The monoisotopic (exact) mass is 278 g/mol. The number of nitrogens with one attached hydrogen (secondary N) is 2. The molecule has 0 radical (unpaired) electrons. The summed E-state index contributed by atoms with van der Waals surface area (Å²) in [6.07, 6.45) is 0. The Hall–Kier alpha value is -2.01. The van der Waals surface area contributed by atoms with Crippen molar-refractivity contribution >= 4 is 23.0 Å². The molecule has 0 fully saturated rings. The second-order valence-corrected chi connectivity index (χ2v) is 4.35. The molecule has 2 N–H and O–H groups in total. The summed E-state index contributed by atoms with van der Waals surface area (Å²) in [4.78, 5) is 0. The zero-order valence-corrected chi connectivity index (χ0v) is 10.8. The molecule has 2 aromatic carbocycles. The topological polar surface area (TPSA) is 24.1 Å².